The molecule has 0 radical (unpaired) electrons. The molecule has 0 N–H and O–H groups in total. The topological polar surface area (TPSA) is 57.7 Å². The molecule has 156 valence electrons. The number of sulfonamides is 1. The highest BCUT2D eigenvalue weighted by Gasteiger charge is 2.22. The Morgan fingerprint density at radius 1 is 0.900 bits per heavy atom. The second-order valence-electron chi connectivity index (χ2n) is 7.09. The second-order valence-corrected chi connectivity index (χ2v) is 9.05. The van der Waals surface area contributed by atoms with Gasteiger partial charge in [0, 0.05) is 31.8 Å². The van der Waals surface area contributed by atoms with Gasteiger partial charge < -0.3 is 4.90 Å². The quantitative estimate of drug-likeness (QED) is 0.593. The lowest BCUT2D eigenvalue weighted by Gasteiger charge is -2.21. The molecule has 0 fully saturated rings. The van der Waals surface area contributed by atoms with E-state index in [1.54, 1.807) is 73.8 Å². The van der Waals surface area contributed by atoms with Crippen LogP contribution in [0.4, 0.5) is 10.1 Å². The summed E-state index contributed by atoms with van der Waals surface area (Å²) in [7, 11) is -0.645. The number of amides is 1. The Kier molecular flexibility index (Phi) is 6.22. The van der Waals surface area contributed by atoms with Crippen LogP contribution >= 0.6 is 0 Å². The van der Waals surface area contributed by atoms with Crippen molar-refractivity contribution < 1.29 is 17.6 Å². The molecule has 3 aromatic rings. The predicted molar refractivity (Wildman–Crippen MR) is 115 cm³/mol. The first-order chi connectivity index (χ1) is 14.2. The van der Waals surface area contributed by atoms with Crippen molar-refractivity contribution in [1.82, 2.24) is 4.90 Å². The minimum Gasteiger partial charge on any atom is -0.337 e. The number of halogens is 1. The van der Waals surface area contributed by atoms with Crippen LogP contribution in [0.1, 0.15) is 21.5 Å². The number of anilines is 1. The Morgan fingerprint density at radius 2 is 1.50 bits per heavy atom. The third kappa shape index (κ3) is 4.52. The Labute approximate surface area is 176 Å². The van der Waals surface area contributed by atoms with E-state index in [2.05, 4.69) is 0 Å². The van der Waals surface area contributed by atoms with Gasteiger partial charge in [-0.05, 0) is 49.4 Å². The van der Waals surface area contributed by atoms with E-state index in [0.29, 0.717) is 16.8 Å². The van der Waals surface area contributed by atoms with Gasteiger partial charge >= 0.3 is 0 Å². The first kappa shape index (κ1) is 21.5. The van der Waals surface area contributed by atoms with Gasteiger partial charge in [-0.3, -0.25) is 9.10 Å². The molecule has 1 amide bonds. The van der Waals surface area contributed by atoms with Crippen molar-refractivity contribution in [3.63, 3.8) is 0 Å². The van der Waals surface area contributed by atoms with Crippen LogP contribution in [-0.4, -0.2) is 33.3 Å². The highest BCUT2D eigenvalue weighted by Crippen LogP contribution is 2.23. The van der Waals surface area contributed by atoms with Gasteiger partial charge in [0.1, 0.15) is 5.82 Å². The van der Waals surface area contributed by atoms with Crippen molar-refractivity contribution in [3.05, 3.63) is 95.3 Å². The van der Waals surface area contributed by atoms with Crippen LogP contribution in [-0.2, 0) is 16.6 Å². The van der Waals surface area contributed by atoms with Crippen molar-refractivity contribution in [2.45, 2.75) is 18.4 Å². The summed E-state index contributed by atoms with van der Waals surface area (Å²) in [6.45, 7) is 2.02. The Bertz CT molecular complexity index is 1140. The van der Waals surface area contributed by atoms with E-state index >= 15 is 0 Å². The van der Waals surface area contributed by atoms with E-state index < -0.39 is 10.0 Å². The number of hydrogen-bond donors (Lipinski definition) is 0. The molecule has 0 saturated heterocycles. The fraction of sp³-hybridized carbons (Fsp3) is 0.174. The number of rotatable bonds is 6. The van der Waals surface area contributed by atoms with Crippen molar-refractivity contribution in [2.75, 3.05) is 18.4 Å². The zero-order chi connectivity index (χ0) is 21.9. The molecule has 7 heteroatoms. The van der Waals surface area contributed by atoms with E-state index in [9.17, 15) is 17.6 Å². The molecule has 0 unspecified atom stereocenters. The average molecular weight is 427 g/mol. The molecule has 0 heterocycles. The Hall–Kier alpha value is -3.19. The van der Waals surface area contributed by atoms with Crippen LogP contribution in [0.15, 0.2) is 77.7 Å². The molecule has 5 nitrogen and oxygen atoms in total. The van der Waals surface area contributed by atoms with Crippen molar-refractivity contribution in [2.24, 2.45) is 0 Å². The summed E-state index contributed by atoms with van der Waals surface area (Å²) < 4.78 is 40.6. The zero-order valence-electron chi connectivity index (χ0n) is 17.0. The number of nitrogens with zero attached hydrogens (tertiary/aromatic N) is 2. The summed E-state index contributed by atoms with van der Waals surface area (Å²) >= 11 is 0. The zero-order valence-corrected chi connectivity index (χ0v) is 17.9. The number of aryl methyl sites for hydroxylation is 1. The third-order valence-electron chi connectivity index (χ3n) is 4.87. The molecule has 30 heavy (non-hydrogen) atoms. The van der Waals surface area contributed by atoms with Crippen LogP contribution in [0.3, 0.4) is 0 Å². The lowest BCUT2D eigenvalue weighted by molar-refractivity contribution is 0.0784. The molecule has 0 saturated carbocycles. The molecule has 0 aliphatic carbocycles. The smallest absolute Gasteiger partial charge is 0.264 e. The second kappa shape index (κ2) is 8.67. The molecule has 0 aromatic heterocycles. The maximum absolute atomic E-state index is 13.8. The van der Waals surface area contributed by atoms with Crippen molar-refractivity contribution in [1.29, 1.82) is 0 Å². The monoisotopic (exact) mass is 426 g/mol. The molecule has 0 spiro atoms. The van der Waals surface area contributed by atoms with Gasteiger partial charge in [0.25, 0.3) is 15.9 Å². The number of hydrogen-bond acceptors (Lipinski definition) is 3. The van der Waals surface area contributed by atoms with E-state index in [1.807, 2.05) is 6.92 Å². The molecule has 0 aliphatic heterocycles. The minimum absolute atomic E-state index is 0.134. The summed E-state index contributed by atoms with van der Waals surface area (Å²) in [5.41, 5.74) is 2.22. The third-order valence-corrected chi connectivity index (χ3v) is 6.67. The highest BCUT2D eigenvalue weighted by molar-refractivity contribution is 7.92. The maximum atomic E-state index is 13.8. The summed E-state index contributed by atoms with van der Waals surface area (Å²) in [5, 5.41) is 0. The van der Waals surface area contributed by atoms with Gasteiger partial charge in [-0.1, -0.05) is 35.9 Å². The number of carbonyl (C=O) groups is 1. The van der Waals surface area contributed by atoms with Crippen LogP contribution in [0.5, 0.6) is 0 Å². The molecule has 0 bridgehead atoms. The Balaban J connectivity index is 1.76. The first-order valence-corrected chi connectivity index (χ1v) is 10.8. The minimum atomic E-state index is -3.71. The van der Waals surface area contributed by atoms with E-state index in [0.717, 1.165) is 5.56 Å². The molecule has 3 aromatic carbocycles. The lowest BCUT2D eigenvalue weighted by Crippen LogP contribution is -2.28. The summed E-state index contributed by atoms with van der Waals surface area (Å²) in [4.78, 5) is 14.3. The SMILES string of the molecule is Cc1ccc(S(=O)(=O)N(C)c2ccc(C(=O)N(C)Cc3ccccc3F)cc2)cc1. The molecule has 3 rings (SSSR count). The molecule has 0 atom stereocenters. The van der Waals surface area contributed by atoms with Crippen molar-refractivity contribution in [3.8, 4) is 0 Å². The largest absolute Gasteiger partial charge is 0.337 e. The normalized spacial score (nSPS) is 11.2. The summed E-state index contributed by atoms with van der Waals surface area (Å²) in [6.07, 6.45) is 0. The standard InChI is InChI=1S/C23H23FN2O3S/c1-17-8-14-21(15-9-17)30(28,29)26(3)20-12-10-18(11-13-20)23(27)25(2)16-19-6-4-5-7-22(19)24/h4-15H,16H2,1-3H3. The highest BCUT2D eigenvalue weighted by atomic mass is 32.2. The van der Waals surface area contributed by atoms with Gasteiger partial charge in [-0.15, -0.1) is 0 Å². The van der Waals surface area contributed by atoms with Gasteiger partial charge in [0.05, 0.1) is 10.6 Å². The fourth-order valence-corrected chi connectivity index (χ4v) is 4.19. The van der Waals surface area contributed by atoms with Crippen LogP contribution < -0.4 is 4.31 Å². The summed E-state index contributed by atoms with van der Waals surface area (Å²) in [5.74, 6) is -0.649. The fourth-order valence-electron chi connectivity index (χ4n) is 3.00. The van der Waals surface area contributed by atoms with Gasteiger partial charge in [-0.25, -0.2) is 12.8 Å². The van der Waals surface area contributed by atoms with Crippen LogP contribution in [0, 0.1) is 12.7 Å². The molecule has 0 aliphatic rings. The van der Waals surface area contributed by atoms with Gasteiger partial charge in [-0.2, -0.15) is 0 Å². The Morgan fingerprint density at radius 3 is 2.10 bits per heavy atom. The lowest BCUT2D eigenvalue weighted by atomic mass is 10.1. The molecular formula is C23H23FN2O3S. The predicted octanol–water partition coefficient (Wildman–Crippen LogP) is 4.23. The van der Waals surface area contributed by atoms with E-state index in [4.69, 9.17) is 0 Å². The molecular weight excluding hydrogens is 403 g/mol. The summed E-state index contributed by atoms with van der Waals surface area (Å²) in [6, 6.07) is 19.2. The number of carbonyl (C=O) groups excluding carboxylic acids is 1. The van der Waals surface area contributed by atoms with Gasteiger partial charge in [0.15, 0.2) is 0 Å². The van der Waals surface area contributed by atoms with Crippen molar-refractivity contribution >= 4 is 21.6 Å². The van der Waals surface area contributed by atoms with Crippen LogP contribution in [0.25, 0.3) is 0 Å². The number of benzene rings is 3. The van der Waals surface area contributed by atoms with Gasteiger partial charge in [0.2, 0.25) is 0 Å². The average Bonchev–Trinajstić information content (AvgIpc) is 2.74. The first-order valence-electron chi connectivity index (χ1n) is 9.34. The van der Waals surface area contributed by atoms with Crippen LogP contribution in [0.2, 0.25) is 0 Å². The maximum Gasteiger partial charge on any atom is 0.264 e. The van der Waals surface area contributed by atoms with E-state index in [-0.39, 0.29) is 23.2 Å². The van der Waals surface area contributed by atoms with E-state index in [1.165, 1.54) is 22.3 Å².